The molecule has 3 heterocycles. The van der Waals surface area contributed by atoms with E-state index >= 15 is 0 Å². The molecule has 1 aromatic rings. The van der Waals surface area contributed by atoms with Crippen molar-refractivity contribution in [3.8, 4) is 0 Å². The highest BCUT2D eigenvalue weighted by Gasteiger charge is 2.26. The first-order chi connectivity index (χ1) is 9.38. The van der Waals surface area contributed by atoms with Crippen LogP contribution in [0.2, 0.25) is 0 Å². The Morgan fingerprint density at radius 2 is 2.21 bits per heavy atom. The molecule has 0 amide bonds. The van der Waals surface area contributed by atoms with E-state index in [4.69, 9.17) is 4.98 Å². The predicted molar refractivity (Wildman–Crippen MR) is 84.1 cm³/mol. The molecule has 2 aliphatic heterocycles. The van der Waals surface area contributed by atoms with Crippen molar-refractivity contribution in [2.45, 2.75) is 38.0 Å². The molecule has 2 aliphatic rings. The summed E-state index contributed by atoms with van der Waals surface area (Å²) in [5, 5.41) is 4.84. The summed E-state index contributed by atoms with van der Waals surface area (Å²) < 4.78 is 0. The monoisotopic (exact) mass is 297 g/mol. The van der Waals surface area contributed by atoms with Crippen LogP contribution < -0.4 is 5.32 Å². The second kappa shape index (κ2) is 6.57. The van der Waals surface area contributed by atoms with Crippen LogP contribution >= 0.6 is 23.1 Å². The molecule has 19 heavy (non-hydrogen) atoms. The molecule has 3 rings (SSSR count). The Morgan fingerprint density at radius 3 is 2.95 bits per heavy atom. The van der Waals surface area contributed by atoms with Gasteiger partial charge in [-0.2, -0.15) is 11.8 Å². The maximum Gasteiger partial charge on any atom is 0.110 e. The largest absolute Gasteiger partial charge is 0.314 e. The quantitative estimate of drug-likeness (QED) is 0.925. The van der Waals surface area contributed by atoms with Gasteiger partial charge in [-0.3, -0.25) is 4.90 Å². The minimum absolute atomic E-state index is 0.563. The van der Waals surface area contributed by atoms with Gasteiger partial charge < -0.3 is 5.32 Å². The lowest BCUT2D eigenvalue weighted by Gasteiger charge is -2.33. The van der Waals surface area contributed by atoms with Gasteiger partial charge in [0.2, 0.25) is 0 Å². The SMILES string of the molecule is CCCC(c1nc2c(s1)CSCC2)N1CCNCC1. The van der Waals surface area contributed by atoms with Crippen molar-refractivity contribution in [3.63, 3.8) is 0 Å². The molecule has 5 heteroatoms. The van der Waals surface area contributed by atoms with Crippen LogP contribution in [0.3, 0.4) is 0 Å². The lowest BCUT2D eigenvalue weighted by Crippen LogP contribution is -2.45. The first-order valence-corrected chi connectivity index (χ1v) is 9.36. The summed E-state index contributed by atoms with van der Waals surface area (Å²) in [7, 11) is 0. The zero-order valence-electron chi connectivity index (χ0n) is 11.7. The van der Waals surface area contributed by atoms with Gasteiger partial charge in [-0.25, -0.2) is 4.98 Å². The fourth-order valence-electron chi connectivity index (χ4n) is 2.92. The third-order valence-corrected chi connectivity index (χ3v) is 6.32. The van der Waals surface area contributed by atoms with Crippen LogP contribution in [0.25, 0.3) is 0 Å². The minimum atomic E-state index is 0.563. The standard InChI is InChI=1S/C14H23N3S2/c1-2-3-12(17-7-5-15-6-8-17)14-16-11-4-9-18-10-13(11)19-14/h12,15H,2-10H2,1H3. The number of nitrogens with zero attached hydrogens (tertiary/aromatic N) is 2. The Hall–Kier alpha value is -0.100. The number of thiazole rings is 1. The van der Waals surface area contributed by atoms with E-state index in [1.54, 1.807) is 4.88 Å². The number of thioether (sulfide) groups is 1. The number of fused-ring (bicyclic) bond motifs is 1. The number of piperazine rings is 1. The molecule has 0 aromatic carbocycles. The molecule has 1 aromatic heterocycles. The van der Waals surface area contributed by atoms with E-state index in [1.807, 2.05) is 11.3 Å². The molecule has 0 saturated carbocycles. The maximum atomic E-state index is 4.99. The summed E-state index contributed by atoms with van der Waals surface area (Å²) in [6, 6.07) is 0.563. The maximum absolute atomic E-state index is 4.99. The summed E-state index contributed by atoms with van der Waals surface area (Å²) in [6.07, 6.45) is 3.67. The third kappa shape index (κ3) is 3.15. The van der Waals surface area contributed by atoms with Gasteiger partial charge in [0.05, 0.1) is 11.7 Å². The Kier molecular flexibility index (Phi) is 4.79. The number of hydrogen-bond donors (Lipinski definition) is 1. The normalized spacial score (nSPS) is 22.2. The Labute approximate surface area is 124 Å². The lowest BCUT2D eigenvalue weighted by molar-refractivity contribution is 0.164. The minimum Gasteiger partial charge on any atom is -0.314 e. The van der Waals surface area contributed by atoms with Crippen LogP contribution in [-0.2, 0) is 12.2 Å². The van der Waals surface area contributed by atoms with Crippen LogP contribution in [-0.4, -0.2) is 41.8 Å². The van der Waals surface area contributed by atoms with E-state index in [0.29, 0.717) is 6.04 Å². The number of nitrogens with one attached hydrogen (secondary N) is 1. The smallest absolute Gasteiger partial charge is 0.110 e. The number of rotatable bonds is 4. The molecule has 1 unspecified atom stereocenters. The number of aromatic nitrogens is 1. The summed E-state index contributed by atoms with van der Waals surface area (Å²) in [6.45, 7) is 6.88. The molecule has 3 nitrogen and oxygen atoms in total. The molecule has 1 atom stereocenters. The van der Waals surface area contributed by atoms with Crippen molar-refractivity contribution < 1.29 is 0 Å². The van der Waals surface area contributed by atoms with Gasteiger partial charge in [-0.05, 0) is 18.6 Å². The van der Waals surface area contributed by atoms with Gasteiger partial charge >= 0.3 is 0 Å². The summed E-state index contributed by atoms with van der Waals surface area (Å²) in [5.74, 6) is 2.44. The van der Waals surface area contributed by atoms with Gasteiger partial charge in [0, 0.05) is 36.8 Å². The molecule has 106 valence electrons. The van der Waals surface area contributed by atoms with Crippen molar-refractivity contribution >= 4 is 23.1 Å². The van der Waals surface area contributed by atoms with E-state index in [9.17, 15) is 0 Å². The van der Waals surface area contributed by atoms with Crippen LogP contribution in [0, 0.1) is 0 Å². The third-order valence-electron chi connectivity index (χ3n) is 3.95. The highest BCUT2D eigenvalue weighted by molar-refractivity contribution is 7.98. The molecule has 0 spiro atoms. The van der Waals surface area contributed by atoms with Crippen molar-refractivity contribution in [1.82, 2.24) is 15.2 Å². The van der Waals surface area contributed by atoms with Crippen molar-refractivity contribution in [1.29, 1.82) is 0 Å². The number of aryl methyl sites for hydroxylation is 1. The van der Waals surface area contributed by atoms with Gasteiger partial charge in [-0.15, -0.1) is 11.3 Å². The van der Waals surface area contributed by atoms with Crippen molar-refractivity contribution in [3.05, 3.63) is 15.6 Å². The van der Waals surface area contributed by atoms with Gasteiger partial charge in [0.25, 0.3) is 0 Å². The molecule has 0 radical (unpaired) electrons. The van der Waals surface area contributed by atoms with Crippen molar-refractivity contribution in [2.75, 3.05) is 31.9 Å². The summed E-state index contributed by atoms with van der Waals surface area (Å²) >= 11 is 4.04. The van der Waals surface area contributed by atoms with E-state index in [-0.39, 0.29) is 0 Å². The van der Waals surface area contributed by atoms with E-state index in [0.717, 1.165) is 13.1 Å². The Balaban J connectivity index is 1.80. The van der Waals surface area contributed by atoms with Crippen molar-refractivity contribution in [2.24, 2.45) is 0 Å². The Morgan fingerprint density at radius 1 is 1.37 bits per heavy atom. The fraction of sp³-hybridized carbons (Fsp3) is 0.786. The fourth-order valence-corrected chi connectivity index (χ4v) is 5.31. The van der Waals surface area contributed by atoms with E-state index < -0.39 is 0 Å². The highest BCUT2D eigenvalue weighted by atomic mass is 32.2. The second-order valence-electron chi connectivity index (χ2n) is 5.32. The van der Waals surface area contributed by atoms with Crippen LogP contribution in [0.5, 0.6) is 0 Å². The average molecular weight is 297 g/mol. The first kappa shape index (κ1) is 13.9. The highest BCUT2D eigenvalue weighted by Crippen LogP contribution is 2.35. The molecule has 1 N–H and O–H groups in total. The molecule has 1 fully saturated rings. The molecular weight excluding hydrogens is 274 g/mol. The topological polar surface area (TPSA) is 28.2 Å². The van der Waals surface area contributed by atoms with E-state index in [1.165, 1.54) is 54.6 Å². The first-order valence-electron chi connectivity index (χ1n) is 7.39. The molecular formula is C14H23N3S2. The summed E-state index contributed by atoms with van der Waals surface area (Å²) in [4.78, 5) is 9.17. The van der Waals surface area contributed by atoms with Gasteiger partial charge in [-0.1, -0.05) is 13.3 Å². The zero-order valence-corrected chi connectivity index (χ0v) is 13.3. The number of hydrogen-bond acceptors (Lipinski definition) is 5. The average Bonchev–Trinajstić information content (AvgIpc) is 2.89. The molecule has 0 bridgehead atoms. The van der Waals surface area contributed by atoms with Crippen LogP contribution in [0.1, 0.15) is 41.4 Å². The van der Waals surface area contributed by atoms with Crippen LogP contribution in [0.4, 0.5) is 0 Å². The summed E-state index contributed by atoms with van der Waals surface area (Å²) in [5.41, 5.74) is 1.40. The molecule has 1 saturated heterocycles. The van der Waals surface area contributed by atoms with Gasteiger partial charge in [0.1, 0.15) is 5.01 Å². The Bertz CT molecular complexity index is 389. The lowest BCUT2D eigenvalue weighted by atomic mass is 10.1. The van der Waals surface area contributed by atoms with Crippen LogP contribution in [0.15, 0.2) is 0 Å². The predicted octanol–water partition coefficient (Wildman–Crippen LogP) is 2.68. The zero-order chi connectivity index (χ0) is 13.1. The second-order valence-corrected chi connectivity index (χ2v) is 7.54. The van der Waals surface area contributed by atoms with Gasteiger partial charge in [0.15, 0.2) is 0 Å². The molecule has 0 aliphatic carbocycles. The van der Waals surface area contributed by atoms with E-state index in [2.05, 4.69) is 28.9 Å².